The Bertz CT molecular complexity index is 2020. The summed E-state index contributed by atoms with van der Waals surface area (Å²) in [5.74, 6) is -0.192. The number of carbonyl (C=O) groups excluding carboxylic acids is 2. The quantitative estimate of drug-likeness (QED) is 0.124. The second kappa shape index (κ2) is 13.5. The normalized spacial score (nSPS) is 17.2. The molecular weight excluding hydrogens is 611 g/mol. The van der Waals surface area contributed by atoms with Gasteiger partial charge in [-0.3, -0.25) is 14.6 Å². The number of hydrogen-bond acceptors (Lipinski definition) is 6. The third-order valence-corrected chi connectivity index (χ3v) is 9.29. The minimum absolute atomic E-state index is 0.0249. The highest BCUT2D eigenvalue weighted by atomic mass is 16.6. The molecule has 5 aromatic rings. The molecule has 0 fully saturated rings. The van der Waals surface area contributed by atoms with Gasteiger partial charge in [0.2, 0.25) is 5.91 Å². The van der Waals surface area contributed by atoms with Crippen LogP contribution in [0.5, 0.6) is 11.5 Å². The molecule has 49 heavy (non-hydrogen) atoms. The van der Waals surface area contributed by atoms with Gasteiger partial charge in [0.1, 0.15) is 11.4 Å². The molecule has 2 aliphatic rings. The van der Waals surface area contributed by atoms with Gasteiger partial charge in [-0.1, -0.05) is 80.6 Å². The van der Waals surface area contributed by atoms with Crippen LogP contribution >= 0.6 is 0 Å². The molecular formula is C40H39BN4O4. The predicted molar refractivity (Wildman–Crippen MR) is 190 cm³/mol. The van der Waals surface area contributed by atoms with Crippen LogP contribution in [0.1, 0.15) is 59.4 Å². The summed E-state index contributed by atoms with van der Waals surface area (Å²) in [4.78, 5) is 36.4. The molecule has 0 spiro atoms. The lowest BCUT2D eigenvalue weighted by molar-refractivity contribution is -0.326. The maximum atomic E-state index is 14.6. The fraction of sp³-hybridized carbons (Fsp3) is 0.225. The number of amides is 1. The Morgan fingerprint density at radius 2 is 1.57 bits per heavy atom. The molecule has 7 rings (SSSR count). The zero-order valence-corrected chi connectivity index (χ0v) is 28.0. The van der Waals surface area contributed by atoms with E-state index in [-0.39, 0.29) is 29.7 Å². The average Bonchev–Trinajstić information content (AvgIpc) is 3.45. The molecule has 0 aliphatic carbocycles. The second-order valence-electron chi connectivity index (χ2n) is 13.4. The van der Waals surface area contributed by atoms with Gasteiger partial charge in [0, 0.05) is 36.4 Å². The minimum atomic E-state index is -2.43. The van der Waals surface area contributed by atoms with Crippen molar-refractivity contribution in [1.29, 1.82) is 0 Å². The first-order valence-corrected chi connectivity index (χ1v) is 16.9. The summed E-state index contributed by atoms with van der Waals surface area (Å²) in [7, 11) is 0. The summed E-state index contributed by atoms with van der Waals surface area (Å²) >= 11 is 0. The molecule has 0 radical (unpaired) electrons. The van der Waals surface area contributed by atoms with E-state index >= 15 is 0 Å². The number of aromatic nitrogens is 2. The van der Waals surface area contributed by atoms with Crippen LogP contribution in [-0.4, -0.2) is 44.5 Å². The number of Topliss-reactive ketones (excluding diaryl/α,β-unsaturated/α-hetero) is 1. The monoisotopic (exact) mass is 650 g/mol. The van der Waals surface area contributed by atoms with E-state index < -0.39 is 18.5 Å². The highest BCUT2D eigenvalue weighted by Gasteiger charge is 2.63. The molecule has 0 saturated carbocycles. The average molecular weight is 651 g/mol. The summed E-state index contributed by atoms with van der Waals surface area (Å²) < 4.78 is 16.3. The zero-order valence-electron chi connectivity index (χ0n) is 28.0. The first-order valence-electron chi connectivity index (χ1n) is 16.9. The maximum Gasteiger partial charge on any atom is 0.676 e. The van der Waals surface area contributed by atoms with Crippen molar-refractivity contribution < 1.29 is 23.4 Å². The molecule has 0 saturated heterocycles. The lowest BCUT2D eigenvalue weighted by Crippen LogP contribution is -2.71. The van der Waals surface area contributed by atoms with Crippen LogP contribution in [0.4, 0.5) is 5.69 Å². The molecule has 3 atom stereocenters. The van der Waals surface area contributed by atoms with Gasteiger partial charge >= 0.3 is 6.69 Å². The summed E-state index contributed by atoms with van der Waals surface area (Å²) in [5, 5.41) is 3.41. The number of rotatable bonds is 11. The molecule has 0 bridgehead atoms. The van der Waals surface area contributed by atoms with Crippen molar-refractivity contribution in [1.82, 2.24) is 15.3 Å². The molecule has 1 amide bonds. The highest BCUT2D eigenvalue weighted by molar-refractivity contribution is 6.66. The number of benzene rings is 4. The van der Waals surface area contributed by atoms with E-state index in [1.165, 1.54) is 18.6 Å². The van der Waals surface area contributed by atoms with Gasteiger partial charge in [0.15, 0.2) is 17.2 Å². The standard InChI is InChI=1S/C40H39BN4O4/c1-27(2)22-38(44-40(47)31(24-29-12-6-4-7-13-29)25-35(46)33-26-42-20-21-43-33)41-45(34-16-10-11-17-36(34)48-41)39(30-14-8-5-9-15-30)32-19-18-28(3)23-37(32)49-41/h4-21,23,26-27,31,38H,22,24-25H2,1-3H3,(H,44,47)/t31-,38-,41?/m0/s1. The van der Waals surface area contributed by atoms with Crippen molar-refractivity contribution in [3.05, 3.63) is 150 Å². The van der Waals surface area contributed by atoms with Crippen molar-refractivity contribution in [3.8, 4) is 11.5 Å². The molecule has 1 unspecified atom stereocenters. The van der Waals surface area contributed by atoms with Crippen molar-refractivity contribution >= 4 is 29.8 Å². The number of fused-ring (bicyclic) bond motifs is 4. The summed E-state index contributed by atoms with van der Waals surface area (Å²) in [6.07, 6.45) is 5.38. The molecule has 9 heteroatoms. The Balaban J connectivity index is 1.35. The number of ketones is 1. The first kappa shape index (κ1) is 32.0. The smallest absolute Gasteiger partial charge is 0.621 e. The van der Waals surface area contributed by atoms with Gasteiger partial charge in [0.25, 0.3) is 0 Å². The first-order chi connectivity index (χ1) is 23.8. The Morgan fingerprint density at radius 3 is 2.31 bits per heavy atom. The third-order valence-electron chi connectivity index (χ3n) is 9.29. The summed E-state index contributed by atoms with van der Waals surface area (Å²) in [6, 6.07) is 34.2. The Morgan fingerprint density at radius 1 is 0.857 bits per heavy atom. The molecule has 8 nitrogen and oxygen atoms in total. The van der Waals surface area contributed by atoms with E-state index in [0.717, 1.165) is 33.7 Å². The van der Waals surface area contributed by atoms with Crippen molar-refractivity contribution in [2.24, 2.45) is 11.8 Å². The number of carbonyl (C=O) groups is 2. The van der Waals surface area contributed by atoms with E-state index in [2.05, 4.69) is 57.9 Å². The topological polar surface area (TPSA) is 93.4 Å². The molecule has 2 aliphatic heterocycles. The number of nitrogens with zero attached hydrogens (tertiary/aromatic N) is 3. The van der Waals surface area contributed by atoms with Crippen LogP contribution in [0.25, 0.3) is 0 Å². The van der Waals surface area contributed by atoms with Crippen LogP contribution < -0.4 is 14.6 Å². The largest absolute Gasteiger partial charge is 0.676 e. The Labute approximate surface area is 286 Å². The molecule has 4 aromatic carbocycles. The van der Waals surface area contributed by atoms with Crippen LogP contribution in [-0.2, 0) is 11.2 Å². The number of hydrogen-bond donors (Lipinski definition) is 1. The van der Waals surface area contributed by atoms with Crippen LogP contribution in [0.15, 0.2) is 122 Å². The second-order valence-corrected chi connectivity index (χ2v) is 13.4. The van der Waals surface area contributed by atoms with E-state index in [0.29, 0.717) is 24.3 Å². The fourth-order valence-electron chi connectivity index (χ4n) is 7.10. The summed E-state index contributed by atoms with van der Waals surface area (Å²) in [6.45, 7) is 3.86. The highest BCUT2D eigenvalue weighted by Crippen LogP contribution is 2.46. The van der Waals surface area contributed by atoms with Crippen LogP contribution in [0, 0.1) is 18.8 Å². The summed E-state index contributed by atoms with van der Waals surface area (Å²) in [5.41, 5.74) is 6.02. The predicted octanol–water partition coefficient (Wildman–Crippen LogP) is 6.89. The molecule has 1 aromatic heterocycles. The van der Waals surface area contributed by atoms with Crippen molar-refractivity contribution in [2.45, 2.75) is 46.0 Å². The third kappa shape index (κ3) is 6.36. The minimum Gasteiger partial charge on any atom is -0.621 e. The van der Waals surface area contributed by atoms with Gasteiger partial charge < -0.3 is 19.1 Å². The van der Waals surface area contributed by atoms with E-state index in [9.17, 15) is 9.59 Å². The SMILES string of the molecule is Cc1ccc2c(c1)O[B-]1([C@H](CC(C)C)NC(=O)[C@H](CC(=O)c3cnccn3)Cc3ccccc3)Oc3ccccc3[N+]1=C2c1ccccc1. The van der Waals surface area contributed by atoms with Gasteiger partial charge in [-0.25, -0.2) is 4.98 Å². The van der Waals surface area contributed by atoms with Crippen LogP contribution in [0.2, 0.25) is 0 Å². The Kier molecular flexibility index (Phi) is 8.82. The Hall–Kier alpha value is -5.57. The van der Waals surface area contributed by atoms with Gasteiger partial charge in [-0.05, 0) is 67.1 Å². The number of para-hydroxylation sites is 2. The lowest BCUT2D eigenvalue weighted by Gasteiger charge is -2.43. The van der Waals surface area contributed by atoms with Gasteiger partial charge in [-0.15, -0.1) is 0 Å². The maximum absolute atomic E-state index is 14.6. The lowest BCUT2D eigenvalue weighted by atomic mass is 9.58. The molecule has 246 valence electrons. The fourth-order valence-corrected chi connectivity index (χ4v) is 7.10. The van der Waals surface area contributed by atoms with Crippen molar-refractivity contribution in [3.63, 3.8) is 0 Å². The molecule has 1 N–H and O–H groups in total. The number of nitrogens with one attached hydrogen (secondary N) is 1. The number of aryl methyl sites for hydroxylation is 1. The van der Waals surface area contributed by atoms with Crippen LogP contribution in [0.3, 0.4) is 0 Å². The van der Waals surface area contributed by atoms with Crippen molar-refractivity contribution in [2.75, 3.05) is 0 Å². The zero-order chi connectivity index (χ0) is 34.0. The van der Waals surface area contributed by atoms with E-state index in [4.69, 9.17) is 9.31 Å². The van der Waals surface area contributed by atoms with E-state index in [1.54, 1.807) is 0 Å². The van der Waals surface area contributed by atoms with Gasteiger partial charge in [-0.2, -0.15) is 0 Å². The van der Waals surface area contributed by atoms with Gasteiger partial charge in [0.05, 0.1) is 23.5 Å². The van der Waals surface area contributed by atoms with E-state index in [1.807, 2.05) is 85.8 Å². The molecule has 3 heterocycles.